The van der Waals surface area contributed by atoms with Gasteiger partial charge in [0, 0.05) is 6.54 Å². The van der Waals surface area contributed by atoms with E-state index in [4.69, 9.17) is 22.1 Å². The van der Waals surface area contributed by atoms with E-state index in [1.165, 1.54) is 0 Å². The van der Waals surface area contributed by atoms with Crippen LogP contribution in [0, 0.1) is 0 Å². The number of ether oxygens (including phenoxy) is 1. The number of hydrogen-bond donors (Lipinski definition) is 2. The second-order valence-corrected chi connectivity index (χ2v) is 4.32. The lowest BCUT2D eigenvalue weighted by atomic mass is 10.2. The molecule has 0 aliphatic carbocycles. The average Bonchev–Trinajstić information content (AvgIpc) is 2.38. The molecule has 0 saturated heterocycles. The molecule has 2 rings (SSSR count). The van der Waals surface area contributed by atoms with E-state index in [9.17, 15) is 0 Å². The summed E-state index contributed by atoms with van der Waals surface area (Å²) in [6, 6.07) is 13.4. The van der Waals surface area contributed by atoms with Gasteiger partial charge in [0.1, 0.15) is 5.75 Å². The third kappa shape index (κ3) is 2.87. The summed E-state index contributed by atoms with van der Waals surface area (Å²) in [6.45, 7) is 0.665. The maximum absolute atomic E-state index is 6.07. The highest BCUT2D eigenvalue weighted by Gasteiger charge is 2.02. The van der Waals surface area contributed by atoms with Crippen LogP contribution in [0.15, 0.2) is 42.5 Å². The number of para-hydroxylation sites is 2. The van der Waals surface area contributed by atoms with Gasteiger partial charge in [-0.25, -0.2) is 0 Å². The highest BCUT2D eigenvalue weighted by atomic mass is 35.5. The summed E-state index contributed by atoms with van der Waals surface area (Å²) in [5.41, 5.74) is 8.58. The van der Waals surface area contributed by atoms with E-state index >= 15 is 0 Å². The molecule has 0 fully saturated rings. The van der Waals surface area contributed by atoms with Crippen LogP contribution in [0.1, 0.15) is 5.56 Å². The molecule has 0 spiro atoms. The molecule has 94 valence electrons. The standard InChI is InChI=1S/C14H15ClN2O/c1-18-14-7-6-10(8-11(14)15)9-17-13-5-3-2-4-12(13)16/h2-8,17H,9,16H2,1H3. The molecule has 3 N–H and O–H groups in total. The molecule has 4 heteroatoms. The zero-order valence-corrected chi connectivity index (χ0v) is 10.9. The van der Waals surface area contributed by atoms with Crippen molar-refractivity contribution in [2.24, 2.45) is 0 Å². The summed E-state index contributed by atoms with van der Waals surface area (Å²) in [7, 11) is 1.60. The Hall–Kier alpha value is -1.87. The van der Waals surface area contributed by atoms with Gasteiger partial charge in [-0.1, -0.05) is 29.8 Å². The first-order chi connectivity index (χ1) is 8.70. The molecule has 0 aromatic heterocycles. The number of benzene rings is 2. The molecule has 0 unspecified atom stereocenters. The molecule has 0 bridgehead atoms. The normalized spacial score (nSPS) is 10.1. The number of nitrogens with two attached hydrogens (primary N) is 1. The molecule has 18 heavy (non-hydrogen) atoms. The molecule has 0 atom stereocenters. The zero-order chi connectivity index (χ0) is 13.0. The molecule has 0 amide bonds. The van der Waals surface area contributed by atoms with E-state index in [1.807, 2.05) is 42.5 Å². The fourth-order valence-corrected chi connectivity index (χ4v) is 1.96. The smallest absolute Gasteiger partial charge is 0.137 e. The molecule has 0 radical (unpaired) electrons. The summed E-state index contributed by atoms with van der Waals surface area (Å²) < 4.78 is 5.11. The predicted octanol–water partition coefficient (Wildman–Crippen LogP) is 3.54. The topological polar surface area (TPSA) is 47.3 Å². The van der Waals surface area contributed by atoms with Crippen molar-refractivity contribution < 1.29 is 4.74 Å². The molecule has 0 saturated carbocycles. The van der Waals surface area contributed by atoms with Crippen molar-refractivity contribution in [2.45, 2.75) is 6.54 Å². The van der Waals surface area contributed by atoms with Crippen molar-refractivity contribution in [1.29, 1.82) is 0 Å². The van der Waals surface area contributed by atoms with Gasteiger partial charge in [-0.05, 0) is 29.8 Å². The Morgan fingerprint density at radius 2 is 2.00 bits per heavy atom. The molecule has 3 nitrogen and oxygen atoms in total. The van der Waals surface area contributed by atoms with Crippen LogP contribution in [0.2, 0.25) is 5.02 Å². The van der Waals surface area contributed by atoms with E-state index in [2.05, 4.69) is 5.32 Å². The number of nitrogens with one attached hydrogen (secondary N) is 1. The van der Waals surface area contributed by atoms with Crippen LogP contribution in [0.25, 0.3) is 0 Å². The summed E-state index contributed by atoms with van der Waals surface area (Å²) in [4.78, 5) is 0. The molecule has 0 aliphatic heterocycles. The predicted molar refractivity (Wildman–Crippen MR) is 76.2 cm³/mol. The van der Waals surface area contributed by atoms with Crippen molar-refractivity contribution in [3.8, 4) is 5.75 Å². The first-order valence-corrected chi connectivity index (χ1v) is 5.99. The van der Waals surface area contributed by atoms with Crippen LogP contribution in [0.3, 0.4) is 0 Å². The number of methoxy groups -OCH3 is 1. The van der Waals surface area contributed by atoms with Crippen LogP contribution in [0.5, 0.6) is 5.75 Å². The molecule has 2 aromatic carbocycles. The van der Waals surface area contributed by atoms with Gasteiger partial charge in [-0.15, -0.1) is 0 Å². The van der Waals surface area contributed by atoms with Crippen LogP contribution in [-0.2, 0) is 6.54 Å². The SMILES string of the molecule is COc1ccc(CNc2ccccc2N)cc1Cl. The Bertz CT molecular complexity index is 543. The Morgan fingerprint density at radius 1 is 1.22 bits per heavy atom. The summed E-state index contributed by atoms with van der Waals surface area (Å²) in [6.07, 6.45) is 0. The molecular formula is C14H15ClN2O. The first kappa shape index (κ1) is 12.6. The van der Waals surface area contributed by atoms with E-state index in [-0.39, 0.29) is 0 Å². The van der Waals surface area contributed by atoms with Gasteiger partial charge in [0.2, 0.25) is 0 Å². The average molecular weight is 263 g/mol. The summed E-state index contributed by atoms with van der Waals surface area (Å²) in [5.74, 6) is 0.680. The van der Waals surface area contributed by atoms with Gasteiger partial charge in [-0.2, -0.15) is 0 Å². The van der Waals surface area contributed by atoms with Crippen LogP contribution in [0.4, 0.5) is 11.4 Å². The largest absolute Gasteiger partial charge is 0.495 e. The fourth-order valence-electron chi connectivity index (χ4n) is 1.68. The quantitative estimate of drug-likeness (QED) is 0.829. The number of anilines is 2. The van der Waals surface area contributed by atoms with E-state index in [1.54, 1.807) is 7.11 Å². The van der Waals surface area contributed by atoms with Gasteiger partial charge in [0.15, 0.2) is 0 Å². The van der Waals surface area contributed by atoms with Crippen LogP contribution < -0.4 is 15.8 Å². The monoisotopic (exact) mass is 262 g/mol. The Labute approximate surface area is 112 Å². The molecular weight excluding hydrogens is 248 g/mol. The first-order valence-electron chi connectivity index (χ1n) is 5.61. The highest BCUT2D eigenvalue weighted by Crippen LogP contribution is 2.25. The Morgan fingerprint density at radius 3 is 2.67 bits per heavy atom. The highest BCUT2D eigenvalue weighted by molar-refractivity contribution is 6.32. The molecule has 0 heterocycles. The second-order valence-electron chi connectivity index (χ2n) is 3.91. The van der Waals surface area contributed by atoms with E-state index in [0.717, 1.165) is 16.9 Å². The zero-order valence-electron chi connectivity index (χ0n) is 10.1. The second kappa shape index (κ2) is 5.65. The number of rotatable bonds is 4. The van der Waals surface area contributed by atoms with Crippen molar-refractivity contribution in [3.63, 3.8) is 0 Å². The van der Waals surface area contributed by atoms with Gasteiger partial charge in [-0.3, -0.25) is 0 Å². The fraction of sp³-hybridized carbons (Fsp3) is 0.143. The maximum Gasteiger partial charge on any atom is 0.137 e. The van der Waals surface area contributed by atoms with Crippen molar-refractivity contribution in [3.05, 3.63) is 53.1 Å². The van der Waals surface area contributed by atoms with Crippen LogP contribution in [-0.4, -0.2) is 7.11 Å². The van der Waals surface area contributed by atoms with Gasteiger partial charge in [0.25, 0.3) is 0 Å². The third-order valence-corrected chi connectivity index (χ3v) is 2.96. The lowest BCUT2D eigenvalue weighted by Crippen LogP contribution is -2.02. The van der Waals surface area contributed by atoms with E-state index in [0.29, 0.717) is 17.3 Å². The minimum Gasteiger partial charge on any atom is -0.495 e. The van der Waals surface area contributed by atoms with Gasteiger partial charge in [0.05, 0.1) is 23.5 Å². The minimum absolute atomic E-state index is 0.609. The number of hydrogen-bond acceptors (Lipinski definition) is 3. The van der Waals surface area contributed by atoms with Crippen molar-refractivity contribution >= 4 is 23.0 Å². The minimum atomic E-state index is 0.609. The maximum atomic E-state index is 6.07. The lowest BCUT2D eigenvalue weighted by Gasteiger charge is -2.10. The van der Waals surface area contributed by atoms with Crippen molar-refractivity contribution in [1.82, 2.24) is 0 Å². The Balaban J connectivity index is 2.07. The molecule has 0 aliphatic rings. The molecule has 2 aromatic rings. The van der Waals surface area contributed by atoms with E-state index < -0.39 is 0 Å². The third-order valence-electron chi connectivity index (χ3n) is 2.66. The van der Waals surface area contributed by atoms with Gasteiger partial charge < -0.3 is 15.8 Å². The van der Waals surface area contributed by atoms with Crippen molar-refractivity contribution in [2.75, 3.05) is 18.2 Å². The Kier molecular flexibility index (Phi) is 3.95. The summed E-state index contributed by atoms with van der Waals surface area (Å²) in [5, 5.41) is 3.88. The van der Waals surface area contributed by atoms with Crippen LogP contribution >= 0.6 is 11.6 Å². The van der Waals surface area contributed by atoms with Gasteiger partial charge >= 0.3 is 0 Å². The lowest BCUT2D eigenvalue weighted by molar-refractivity contribution is 0.415. The number of halogens is 1. The number of nitrogen functional groups attached to an aromatic ring is 1. The summed E-state index contributed by atoms with van der Waals surface area (Å²) >= 11 is 6.07.